The van der Waals surface area contributed by atoms with Gasteiger partial charge < -0.3 is 11.1 Å². The third-order valence-electron chi connectivity index (χ3n) is 3.58. The van der Waals surface area contributed by atoms with E-state index >= 15 is 0 Å². The van der Waals surface area contributed by atoms with E-state index in [-0.39, 0.29) is 0 Å². The fourth-order valence-corrected chi connectivity index (χ4v) is 2.26. The zero-order valence-electron chi connectivity index (χ0n) is 10.5. The van der Waals surface area contributed by atoms with E-state index in [0.717, 1.165) is 24.9 Å². The van der Waals surface area contributed by atoms with Crippen LogP contribution in [0.1, 0.15) is 52.4 Å². The van der Waals surface area contributed by atoms with Crippen molar-refractivity contribution < 1.29 is 0 Å². The van der Waals surface area contributed by atoms with E-state index in [1.165, 1.54) is 38.5 Å². The molecule has 0 aromatic rings. The molecule has 1 saturated carbocycles. The molecule has 15 heavy (non-hydrogen) atoms. The predicted molar refractivity (Wildman–Crippen MR) is 66.9 cm³/mol. The van der Waals surface area contributed by atoms with E-state index in [1.807, 2.05) is 0 Å². The number of nitrogens with one attached hydrogen (secondary N) is 1. The molecule has 90 valence electrons. The molecule has 0 aliphatic heterocycles. The Morgan fingerprint density at radius 3 is 2.67 bits per heavy atom. The van der Waals surface area contributed by atoms with Crippen LogP contribution < -0.4 is 11.1 Å². The molecule has 2 heteroatoms. The first-order valence-corrected chi connectivity index (χ1v) is 6.71. The second-order valence-corrected chi connectivity index (χ2v) is 5.15. The Hall–Kier alpha value is -0.0800. The largest absolute Gasteiger partial charge is 0.329 e. The van der Waals surface area contributed by atoms with Gasteiger partial charge in [-0.3, -0.25) is 0 Å². The molecule has 0 aromatic carbocycles. The van der Waals surface area contributed by atoms with Crippen molar-refractivity contribution in [1.29, 1.82) is 0 Å². The monoisotopic (exact) mass is 212 g/mol. The van der Waals surface area contributed by atoms with Gasteiger partial charge in [-0.05, 0) is 37.6 Å². The Morgan fingerprint density at radius 2 is 2.13 bits per heavy atom. The lowest BCUT2D eigenvalue weighted by Crippen LogP contribution is -2.41. The maximum Gasteiger partial charge on any atom is 0.0215 e. The van der Waals surface area contributed by atoms with Crippen LogP contribution in [0.5, 0.6) is 0 Å². The number of rotatable bonds is 9. The molecule has 1 fully saturated rings. The van der Waals surface area contributed by atoms with Gasteiger partial charge in [-0.25, -0.2) is 0 Å². The number of nitrogens with two attached hydrogens (primary N) is 1. The first kappa shape index (κ1) is 13.0. The van der Waals surface area contributed by atoms with Crippen LogP contribution in [0.2, 0.25) is 0 Å². The van der Waals surface area contributed by atoms with Crippen molar-refractivity contribution in [1.82, 2.24) is 5.32 Å². The molecular formula is C13H28N2. The van der Waals surface area contributed by atoms with Crippen LogP contribution in [-0.2, 0) is 0 Å². The molecule has 1 aliphatic carbocycles. The average Bonchev–Trinajstić information content (AvgIpc) is 3.02. The van der Waals surface area contributed by atoms with Crippen LogP contribution in [-0.4, -0.2) is 19.1 Å². The molecule has 2 nitrogen and oxygen atoms in total. The summed E-state index contributed by atoms with van der Waals surface area (Å²) in [4.78, 5) is 0. The number of hydrogen-bond acceptors (Lipinski definition) is 2. The van der Waals surface area contributed by atoms with Gasteiger partial charge in [0.2, 0.25) is 0 Å². The first-order chi connectivity index (χ1) is 7.27. The van der Waals surface area contributed by atoms with Crippen molar-refractivity contribution in [2.75, 3.05) is 13.1 Å². The van der Waals surface area contributed by atoms with E-state index in [0.29, 0.717) is 6.04 Å². The summed E-state index contributed by atoms with van der Waals surface area (Å²) in [6.45, 7) is 6.50. The van der Waals surface area contributed by atoms with Gasteiger partial charge in [0, 0.05) is 12.6 Å². The summed E-state index contributed by atoms with van der Waals surface area (Å²) in [5.74, 6) is 1.79. The first-order valence-electron chi connectivity index (χ1n) is 6.71. The van der Waals surface area contributed by atoms with Gasteiger partial charge in [0.05, 0.1) is 0 Å². The standard InChI is InChI=1S/C13H28N2/c1-3-5-11(2)13(10-14)15-9-4-6-12-7-8-12/h11-13,15H,3-10,14H2,1-2H3. The molecule has 0 bridgehead atoms. The van der Waals surface area contributed by atoms with Crippen LogP contribution in [0.25, 0.3) is 0 Å². The molecule has 0 saturated heterocycles. The minimum atomic E-state index is 0.532. The summed E-state index contributed by atoms with van der Waals surface area (Å²) in [7, 11) is 0. The summed E-state index contributed by atoms with van der Waals surface area (Å²) in [6, 6.07) is 0.532. The SMILES string of the molecule is CCCC(C)C(CN)NCCCC1CC1. The summed E-state index contributed by atoms with van der Waals surface area (Å²) in [6.07, 6.45) is 8.27. The fourth-order valence-electron chi connectivity index (χ4n) is 2.26. The minimum absolute atomic E-state index is 0.532. The molecule has 0 spiro atoms. The lowest BCUT2D eigenvalue weighted by atomic mass is 9.97. The Labute approximate surface area is 95.0 Å². The quantitative estimate of drug-likeness (QED) is 0.576. The molecule has 3 N–H and O–H groups in total. The maximum atomic E-state index is 5.80. The Balaban J connectivity index is 2.03. The number of hydrogen-bond donors (Lipinski definition) is 2. The third-order valence-corrected chi connectivity index (χ3v) is 3.58. The highest BCUT2D eigenvalue weighted by Crippen LogP contribution is 2.33. The highest BCUT2D eigenvalue weighted by atomic mass is 14.9. The second kappa shape index (κ2) is 7.24. The molecule has 2 atom stereocenters. The summed E-state index contributed by atoms with van der Waals surface area (Å²) in [5, 5.41) is 3.61. The molecule has 0 radical (unpaired) electrons. The van der Waals surface area contributed by atoms with E-state index < -0.39 is 0 Å². The van der Waals surface area contributed by atoms with Crippen LogP contribution in [0.15, 0.2) is 0 Å². The van der Waals surface area contributed by atoms with Crippen molar-refractivity contribution >= 4 is 0 Å². The van der Waals surface area contributed by atoms with E-state index in [1.54, 1.807) is 0 Å². The molecule has 0 aromatic heterocycles. The second-order valence-electron chi connectivity index (χ2n) is 5.15. The Kier molecular flexibility index (Phi) is 6.26. The normalized spacial score (nSPS) is 20.2. The maximum absolute atomic E-state index is 5.80. The van der Waals surface area contributed by atoms with Gasteiger partial charge in [0.25, 0.3) is 0 Å². The fraction of sp³-hybridized carbons (Fsp3) is 1.00. The van der Waals surface area contributed by atoms with E-state index in [4.69, 9.17) is 5.73 Å². The zero-order chi connectivity index (χ0) is 11.1. The predicted octanol–water partition coefficient (Wildman–Crippen LogP) is 2.53. The summed E-state index contributed by atoms with van der Waals surface area (Å²) in [5.41, 5.74) is 5.80. The molecule has 1 aliphatic rings. The van der Waals surface area contributed by atoms with Gasteiger partial charge >= 0.3 is 0 Å². The highest BCUT2D eigenvalue weighted by molar-refractivity contribution is 4.76. The van der Waals surface area contributed by atoms with E-state index in [9.17, 15) is 0 Å². The summed E-state index contributed by atoms with van der Waals surface area (Å²) < 4.78 is 0. The van der Waals surface area contributed by atoms with Gasteiger partial charge in [-0.2, -0.15) is 0 Å². The third kappa shape index (κ3) is 5.53. The van der Waals surface area contributed by atoms with Crippen molar-refractivity contribution in [2.24, 2.45) is 17.6 Å². The average molecular weight is 212 g/mol. The molecular weight excluding hydrogens is 184 g/mol. The van der Waals surface area contributed by atoms with Crippen LogP contribution in [0.4, 0.5) is 0 Å². The van der Waals surface area contributed by atoms with Gasteiger partial charge in [-0.1, -0.05) is 33.1 Å². The van der Waals surface area contributed by atoms with Gasteiger partial charge in [0.1, 0.15) is 0 Å². The lowest BCUT2D eigenvalue weighted by molar-refractivity contribution is 0.356. The summed E-state index contributed by atoms with van der Waals surface area (Å²) >= 11 is 0. The molecule has 0 heterocycles. The lowest BCUT2D eigenvalue weighted by Gasteiger charge is -2.23. The van der Waals surface area contributed by atoms with Crippen molar-refractivity contribution in [3.8, 4) is 0 Å². The van der Waals surface area contributed by atoms with Gasteiger partial charge in [-0.15, -0.1) is 0 Å². The van der Waals surface area contributed by atoms with Crippen LogP contribution >= 0.6 is 0 Å². The molecule has 0 amide bonds. The topological polar surface area (TPSA) is 38.0 Å². The minimum Gasteiger partial charge on any atom is -0.329 e. The van der Waals surface area contributed by atoms with E-state index in [2.05, 4.69) is 19.2 Å². The van der Waals surface area contributed by atoms with Crippen LogP contribution in [0.3, 0.4) is 0 Å². The molecule has 2 unspecified atom stereocenters. The van der Waals surface area contributed by atoms with Crippen molar-refractivity contribution in [2.45, 2.75) is 58.4 Å². The molecule has 1 rings (SSSR count). The smallest absolute Gasteiger partial charge is 0.0215 e. The highest BCUT2D eigenvalue weighted by Gasteiger charge is 2.20. The Bertz CT molecular complexity index is 155. The van der Waals surface area contributed by atoms with Crippen molar-refractivity contribution in [3.63, 3.8) is 0 Å². The van der Waals surface area contributed by atoms with Crippen molar-refractivity contribution in [3.05, 3.63) is 0 Å². The Morgan fingerprint density at radius 1 is 1.40 bits per heavy atom. The van der Waals surface area contributed by atoms with Crippen LogP contribution in [0, 0.1) is 11.8 Å². The zero-order valence-corrected chi connectivity index (χ0v) is 10.5. The van der Waals surface area contributed by atoms with Gasteiger partial charge in [0.15, 0.2) is 0 Å².